The Balaban J connectivity index is 2.28. The third-order valence-electron chi connectivity index (χ3n) is 2.83. The average Bonchev–Trinajstić information content (AvgIpc) is 2.49. The quantitative estimate of drug-likeness (QED) is 0.458. The molecule has 0 heterocycles. The molecule has 108 valence electrons. The summed E-state index contributed by atoms with van der Waals surface area (Å²) in [6, 6.07) is 12.9. The van der Waals surface area contributed by atoms with Gasteiger partial charge in [-0.2, -0.15) is 5.10 Å². The molecule has 0 aliphatic heterocycles. The van der Waals surface area contributed by atoms with Crippen LogP contribution in [0, 0.1) is 0 Å². The van der Waals surface area contributed by atoms with Gasteiger partial charge in [-0.05, 0) is 47.6 Å². The van der Waals surface area contributed by atoms with Crippen LogP contribution in [0.2, 0.25) is 0 Å². The topological polar surface area (TPSA) is 79.9 Å². The maximum absolute atomic E-state index is 9.83. The number of hydrogen-bond donors (Lipinski definition) is 3. The van der Waals surface area contributed by atoms with Crippen molar-refractivity contribution in [1.29, 1.82) is 0 Å². The van der Waals surface area contributed by atoms with Crippen LogP contribution in [0.5, 0.6) is 11.5 Å². The summed E-state index contributed by atoms with van der Waals surface area (Å²) in [6.45, 7) is 0. The molecule has 0 aliphatic rings. The van der Waals surface area contributed by atoms with Crippen LogP contribution in [0.15, 0.2) is 47.6 Å². The number of benzene rings is 2. The molecule has 2 rings (SSSR count). The number of hydrazone groups is 1. The van der Waals surface area contributed by atoms with Crippen LogP contribution in [0.3, 0.4) is 0 Å². The number of phenols is 1. The van der Waals surface area contributed by atoms with Gasteiger partial charge >= 0.3 is 0 Å². The van der Waals surface area contributed by atoms with E-state index in [4.69, 9.17) is 10.5 Å². The molecule has 0 fully saturated rings. The standard InChI is InChI=1S/C15H15N3O2S/c1-20-13-5-2-10(3-6-13)11-4-7-14(19)12(8-11)9-17-18-15(16)21/h2-9,19H,1H3,(H3,16,18,21). The van der Waals surface area contributed by atoms with E-state index in [1.165, 1.54) is 6.21 Å². The lowest BCUT2D eigenvalue weighted by atomic mass is 10.0. The summed E-state index contributed by atoms with van der Waals surface area (Å²) >= 11 is 4.65. The van der Waals surface area contributed by atoms with Gasteiger partial charge in [-0.25, -0.2) is 0 Å². The first kappa shape index (κ1) is 14.8. The summed E-state index contributed by atoms with van der Waals surface area (Å²) in [5.74, 6) is 0.917. The second kappa shape index (κ2) is 6.71. The molecule has 5 nitrogen and oxygen atoms in total. The van der Waals surface area contributed by atoms with Gasteiger partial charge < -0.3 is 15.6 Å². The number of methoxy groups -OCH3 is 1. The number of thiocarbonyl (C=S) groups is 1. The minimum absolute atomic E-state index is 0.0667. The highest BCUT2D eigenvalue weighted by Crippen LogP contribution is 2.26. The van der Waals surface area contributed by atoms with Crippen molar-refractivity contribution in [2.45, 2.75) is 0 Å². The van der Waals surface area contributed by atoms with Crippen LogP contribution in [0.4, 0.5) is 0 Å². The molecule has 2 aromatic carbocycles. The van der Waals surface area contributed by atoms with Gasteiger partial charge in [-0.15, -0.1) is 0 Å². The van der Waals surface area contributed by atoms with Gasteiger partial charge in [-0.3, -0.25) is 5.43 Å². The highest BCUT2D eigenvalue weighted by Gasteiger charge is 2.03. The lowest BCUT2D eigenvalue weighted by Gasteiger charge is -2.06. The lowest BCUT2D eigenvalue weighted by Crippen LogP contribution is -2.23. The summed E-state index contributed by atoms with van der Waals surface area (Å²) in [6.07, 6.45) is 1.46. The van der Waals surface area contributed by atoms with Gasteiger partial charge in [0, 0.05) is 5.56 Å². The Morgan fingerprint density at radius 3 is 2.52 bits per heavy atom. The fourth-order valence-corrected chi connectivity index (χ4v) is 1.84. The number of ether oxygens (including phenoxy) is 1. The number of phenolic OH excluding ortho intramolecular Hbond substituents is 1. The zero-order valence-corrected chi connectivity index (χ0v) is 12.2. The molecule has 0 spiro atoms. The Morgan fingerprint density at radius 1 is 1.24 bits per heavy atom. The number of nitrogens with two attached hydrogens (primary N) is 1. The second-order valence-corrected chi connectivity index (χ2v) is 4.68. The van der Waals surface area contributed by atoms with Crippen LogP contribution in [-0.2, 0) is 0 Å². The van der Waals surface area contributed by atoms with Gasteiger partial charge in [0.1, 0.15) is 11.5 Å². The van der Waals surface area contributed by atoms with Crippen LogP contribution in [0.1, 0.15) is 5.56 Å². The van der Waals surface area contributed by atoms with E-state index in [2.05, 4.69) is 22.7 Å². The maximum atomic E-state index is 9.83. The van der Waals surface area contributed by atoms with Crippen molar-refractivity contribution >= 4 is 23.5 Å². The average molecular weight is 301 g/mol. The second-order valence-electron chi connectivity index (χ2n) is 4.24. The Hall–Kier alpha value is -2.60. The van der Waals surface area contributed by atoms with Gasteiger partial charge in [0.15, 0.2) is 5.11 Å². The predicted octanol–water partition coefficient (Wildman–Crippen LogP) is 2.23. The monoisotopic (exact) mass is 301 g/mol. The zero-order valence-electron chi connectivity index (χ0n) is 11.4. The number of nitrogens with zero attached hydrogens (tertiary/aromatic N) is 1. The number of hydrogen-bond acceptors (Lipinski definition) is 4. The molecule has 0 bridgehead atoms. The molecule has 0 amide bonds. The molecule has 0 atom stereocenters. The summed E-state index contributed by atoms with van der Waals surface area (Å²) in [4.78, 5) is 0. The first-order valence-electron chi connectivity index (χ1n) is 6.16. The van der Waals surface area contributed by atoms with Crippen molar-refractivity contribution in [3.05, 3.63) is 48.0 Å². The van der Waals surface area contributed by atoms with Crippen LogP contribution >= 0.6 is 12.2 Å². The third-order valence-corrected chi connectivity index (χ3v) is 2.92. The molecule has 2 aromatic rings. The minimum Gasteiger partial charge on any atom is -0.507 e. The Labute approximate surface area is 128 Å². The summed E-state index contributed by atoms with van der Waals surface area (Å²) in [7, 11) is 1.62. The van der Waals surface area contributed by atoms with E-state index >= 15 is 0 Å². The largest absolute Gasteiger partial charge is 0.507 e. The number of aromatic hydroxyl groups is 1. The molecule has 0 saturated heterocycles. The highest BCUT2D eigenvalue weighted by atomic mass is 32.1. The molecule has 21 heavy (non-hydrogen) atoms. The maximum Gasteiger partial charge on any atom is 0.184 e. The van der Waals surface area contributed by atoms with Gasteiger partial charge in [0.05, 0.1) is 13.3 Å². The molecular formula is C15H15N3O2S. The fourth-order valence-electron chi connectivity index (χ4n) is 1.79. The number of rotatable bonds is 4. The number of nitrogens with one attached hydrogen (secondary N) is 1. The highest BCUT2D eigenvalue weighted by molar-refractivity contribution is 7.80. The summed E-state index contributed by atoms with van der Waals surface area (Å²) in [5.41, 5.74) is 10.2. The smallest absolute Gasteiger partial charge is 0.184 e. The van der Waals surface area contributed by atoms with E-state index < -0.39 is 0 Å². The van der Waals surface area contributed by atoms with E-state index in [1.54, 1.807) is 13.2 Å². The fraction of sp³-hybridized carbons (Fsp3) is 0.0667. The van der Waals surface area contributed by atoms with Crippen LogP contribution in [-0.4, -0.2) is 23.5 Å². The molecule has 4 N–H and O–H groups in total. The van der Waals surface area contributed by atoms with Gasteiger partial charge in [-0.1, -0.05) is 18.2 Å². The van der Waals surface area contributed by atoms with Crippen molar-refractivity contribution in [2.24, 2.45) is 10.8 Å². The molecule has 0 aliphatic carbocycles. The SMILES string of the molecule is COc1ccc(-c2ccc(O)c(C=NNC(N)=S)c2)cc1. The summed E-state index contributed by atoms with van der Waals surface area (Å²) < 4.78 is 5.13. The molecule has 6 heteroatoms. The first-order valence-corrected chi connectivity index (χ1v) is 6.57. The molecule has 0 saturated carbocycles. The zero-order chi connectivity index (χ0) is 15.2. The normalized spacial score (nSPS) is 10.5. The minimum atomic E-state index is 0.0667. The molecule has 0 radical (unpaired) electrons. The van der Waals surface area contributed by atoms with Crippen molar-refractivity contribution in [2.75, 3.05) is 7.11 Å². The van der Waals surface area contributed by atoms with E-state index in [0.29, 0.717) is 5.56 Å². The Kier molecular flexibility index (Phi) is 4.73. The van der Waals surface area contributed by atoms with Crippen molar-refractivity contribution in [3.63, 3.8) is 0 Å². The van der Waals surface area contributed by atoms with Crippen LogP contribution < -0.4 is 15.9 Å². The van der Waals surface area contributed by atoms with E-state index in [0.717, 1.165) is 16.9 Å². The van der Waals surface area contributed by atoms with Crippen molar-refractivity contribution in [3.8, 4) is 22.6 Å². The first-order chi connectivity index (χ1) is 10.1. The lowest BCUT2D eigenvalue weighted by molar-refractivity contribution is 0.415. The van der Waals surface area contributed by atoms with Crippen molar-refractivity contribution < 1.29 is 9.84 Å². The molecule has 0 aromatic heterocycles. The van der Waals surface area contributed by atoms with E-state index in [9.17, 15) is 5.11 Å². The van der Waals surface area contributed by atoms with Crippen molar-refractivity contribution in [1.82, 2.24) is 5.43 Å². The third kappa shape index (κ3) is 3.93. The van der Waals surface area contributed by atoms with E-state index in [1.807, 2.05) is 36.4 Å². The van der Waals surface area contributed by atoms with E-state index in [-0.39, 0.29) is 10.9 Å². The Bertz CT molecular complexity index is 669. The summed E-state index contributed by atoms with van der Waals surface area (Å²) in [5, 5.41) is 13.7. The van der Waals surface area contributed by atoms with Gasteiger partial charge in [0.2, 0.25) is 0 Å². The Morgan fingerprint density at radius 2 is 1.90 bits per heavy atom. The molecular weight excluding hydrogens is 286 g/mol. The van der Waals surface area contributed by atoms with Gasteiger partial charge in [0.25, 0.3) is 0 Å². The predicted molar refractivity (Wildman–Crippen MR) is 87.6 cm³/mol. The van der Waals surface area contributed by atoms with Crippen LogP contribution in [0.25, 0.3) is 11.1 Å². The molecule has 0 unspecified atom stereocenters.